The van der Waals surface area contributed by atoms with Crippen LogP contribution in [0.3, 0.4) is 0 Å². The van der Waals surface area contributed by atoms with E-state index >= 15 is 0 Å². The lowest BCUT2D eigenvalue weighted by atomic mass is 9.65. The standard InChI is InChI=1S/C28H31Cl2N3O7/c1-27(2)17(11-12-28(27,3)26(40)31-14-21(34)35)23(36)33-20(25(38)39)13-15-7-9-16(10-8-15)32-24(37)22-18(29)5-4-6-19(22)30/h4-10,17,20H,11-14H2,1-3H3,(H,31,40)(H,32,37)(H,33,36)(H,34,35)(H,38,39)/t17-,20-,28+/m0/s1. The Labute approximate surface area is 241 Å². The summed E-state index contributed by atoms with van der Waals surface area (Å²) in [6.45, 7) is 4.66. The van der Waals surface area contributed by atoms with Crippen molar-refractivity contribution in [3.8, 4) is 0 Å². The van der Waals surface area contributed by atoms with E-state index in [9.17, 15) is 29.1 Å². The average Bonchev–Trinajstić information content (AvgIpc) is 3.12. The summed E-state index contributed by atoms with van der Waals surface area (Å²) in [7, 11) is 0. The molecule has 2 aromatic carbocycles. The van der Waals surface area contributed by atoms with Crippen LogP contribution in [0.5, 0.6) is 0 Å². The van der Waals surface area contributed by atoms with E-state index in [2.05, 4.69) is 16.0 Å². The van der Waals surface area contributed by atoms with E-state index in [1.165, 1.54) is 0 Å². The van der Waals surface area contributed by atoms with Crippen LogP contribution in [0.15, 0.2) is 42.5 Å². The van der Waals surface area contributed by atoms with E-state index in [-0.39, 0.29) is 22.0 Å². The topological polar surface area (TPSA) is 162 Å². The molecule has 1 aliphatic carbocycles. The number of aliphatic carboxylic acids is 2. The van der Waals surface area contributed by atoms with Crippen molar-refractivity contribution >= 4 is 58.5 Å². The zero-order chi connectivity index (χ0) is 29.8. The van der Waals surface area contributed by atoms with E-state index < -0.39 is 59.0 Å². The number of hydrogen-bond acceptors (Lipinski definition) is 5. The summed E-state index contributed by atoms with van der Waals surface area (Å²) in [5.41, 5.74) is -0.710. The number of carbonyl (C=O) groups excluding carboxylic acids is 3. The average molecular weight is 592 g/mol. The maximum Gasteiger partial charge on any atom is 0.326 e. The summed E-state index contributed by atoms with van der Waals surface area (Å²) < 4.78 is 0. The van der Waals surface area contributed by atoms with Crippen molar-refractivity contribution in [1.29, 1.82) is 0 Å². The van der Waals surface area contributed by atoms with Crippen LogP contribution in [0.1, 0.15) is 49.5 Å². The number of rotatable bonds is 10. The largest absolute Gasteiger partial charge is 0.480 e. The van der Waals surface area contributed by atoms with Crippen LogP contribution >= 0.6 is 23.2 Å². The number of carbonyl (C=O) groups is 5. The summed E-state index contributed by atoms with van der Waals surface area (Å²) >= 11 is 12.2. The minimum Gasteiger partial charge on any atom is -0.480 e. The molecule has 5 N–H and O–H groups in total. The molecule has 0 saturated heterocycles. The molecule has 0 radical (unpaired) electrons. The highest BCUT2D eigenvalue weighted by atomic mass is 35.5. The van der Waals surface area contributed by atoms with Crippen LogP contribution in [-0.4, -0.2) is 52.5 Å². The molecule has 0 aliphatic heterocycles. The highest BCUT2D eigenvalue weighted by Crippen LogP contribution is 2.56. The van der Waals surface area contributed by atoms with Crippen molar-refractivity contribution in [3.63, 3.8) is 0 Å². The van der Waals surface area contributed by atoms with E-state index in [0.717, 1.165) is 0 Å². The molecule has 0 unspecified atom stereocenters. The number of hydrogen-bond donors (Lipinski definition) is 5. The van der Waals surface area contributed by atoms with Gasteiger partial charge in [0.25, 0.3) is 5.91 Å². The van der Waals surface area contributed by atoms with Gasteiger partial charge in [0.1, 0.15) is 12.6 Å². The highest BCUT2D eigenvalue weighted by molar-refractivity contribution is 6.40. The van der Waals surface area contributed by atoms with Crippen LogP contribution in [0.2, 0.25) is 10.0 Å². The quantitative estimate of drug-likeness (QED) is 0.279. The molecular weight excluding hydrogens is 561 g/mol. The van der Waals surface area contributed by atoms with E-state index in [0.29, 0.717) is 24.1 Å². The smallest absolute Gasteiger partial charge is 0.326 e. The third-order valence-corrected chi connectivity index (χ3v) is 8.53. The molecule has 0 heterocycles. The second kappa shape index (κ2) is 12.3. The van der Waals surface area contributed by atoms with Gasteiger partial charge >= 0.3 is 11.9 Å². The van der Waals surface area contributed by atoms with Crippen molar-refractivity contribution in [2.75, 3.05) is 11.9 Å². The molecule has 3 amide bonds. The number of carboxylic acid groups (broad SMARTS) is 2. The van der Waals surface area contributed by atoms with E-state index in [1.807, 2.05) is 0 Å². The fourth-order valence-electron chi connectivity index (χ4n) is 5.06. The number of carboxylic acids is 2. The molecule has 40 heavy (non-hydrogen) atoms. The summed E-state index contributed by atoms with van der Waals surface area (Å²) in [6, 6.07) is 9.95. The van der Waals surface area contributed by atoms with Crippen molar-refractivity contribution in [2.45, 2.75) is 46.1 Å². The highest BCUT2D eigenvalue weighted by Gasteiger charge is 2.58. The predicted octanol–water partition coefficient (Wildman–Crippen LogP) is 4.00. The molecule has 1 aliphatic rings. The molecule has 214 valence electrons. The summed E-state index contributed by atoms with van der Waals surface area (Å²) in [6.07, 6.45) is 0.662. The Morgan fingerprint density at radius 3 is 2.12 bits per heavy atom. The third kappa shape index (κ3) is 6.56. The van der Waals surface area contributed by atoms with Gasteiger partial charge in [0.2, 0.25) is 11.8 Å². The third-order valence-electron chi connectivity index (χ3n) is 7.90. The molecule has 0 bridgehead atoms. The maximum atomic E-state index is 13.2. The minimum absolute atomic E-state index is 0.0187. The van der Waals surface area contributed by atoms with Crippen molar-refractivity contribution in [3.05, 3.63) is 63.6 Å². The predicted molar refractivity (Wildman–Crippen MR) is 149 cm³/mol. The molecule has 3 atom stereocenters. The van der Waals surface area contributed by atoms with Crippen LogP contribution in [-0.2, 0) is 25.6 Å². The first-order valence-corrected chi connectivity index (χ1v) is 13.3. The summed E-state index contributed by atoms with van der Waals surface area (Å²) in [5, 5.41) is 26.8. The van der Waals surface area contributed by atoms with Gasteiger partial charge in [-0.3, -0.25) is 19.2 Å². The van der Waals surface area contributed by atoms with Crippen molar-refractivity contribution < 1.29 is 34.2 Å². The number of anilines is 1. The monoisotopic (exact) mass is 591 g/mol. The van der Waals surface area contributed by atoms with Gasteiger partial charge in [0.15, 0.2) is 0 Å². The first kappa shape index (κ1) is 30.9. The number of amides is 3. The van der Waals surface area contributed by atoms with Gasteiger partial charge in [-0.25, -0.2) is 4.79 Å². The van der Waals surface area contributed by atoms with Gasteiger partial charge in [-0.1, -0.05) is 62.2 Å². The molecule has 1 saturated carbocycles. The minimum atomic E-state index is -1.24. The first-order valence-electron chi connectivity index (χ1n) is 12.5. The molecule has 10 nitrogen and oxygen atoms in total. The van der Waals surface area contributed by atoms with E-state index in [1.54, 1.807) is 63.2 Å². The van der Waals surface area contributed by atoms with Crippen LogP contribution < -0.4 is 16.0 Å². The Hall–Kier alpha value is -3.63. The van der Waals surface area contributed by atoms with Gasteiger partial charge in [-0.2, -0.15) is 0 Å². The molecule has 1 fully saturated rings. The normalized spacial score (nSPS) is 20.3. The number of benzene rings is 2. The second-order valence-corrected chi connectivity index (χ2v) is 11.4. The van der Waals surface area contributed by atoms with Crippen molar-refractivity contribution in [1.82, 2.24) is 10.6 Å². The molecular formula is C28H31Cl2N3O7. The molecule has 3 rings (SSSR count). The zero-order valence-electron chi connectivity index (χ0n) is 22.2. The van der Waals surface area contributed by atoms with Gasteiger partial charge < -0.3 is 26.2 Å². The Morgan fingerprint density at radius 1 is 0.975 bits per heavy atom. The zero-order valence-corrected chi connectivity index (χ0v) is 23.7. The van der Waals surface area contributed by atoms with Crippen molar-refractivity contribution in [2.24, 2.45) is 16.7 Å². The van der Waals surface area contributed by atoms with Gasteiger partial charge in [0, 0.05) is 18.0 Å². The van der Waals surface area contributed by atoms with Crippen LogP contribution in [0.4, 0.5) is 5.69 Å². The lowest BCUT2D eigenvalue weighted by Crippen LogP contribution is -2.52. The SMILES string of the molecule is CC1(C)[C@H](C(=O)N[C@@H](Cc2ccc(NC(=O)c3c(Cl)cccc3Cl)cc2)C(=O)O)CC[C@]1(C)C(=O)NCC(=O)O. The molecule has 2 aromatic rings. The summed E-state index contributed by atoms with van der Waals surface area (Å²) in [4.78, 5) is 61.5. The first-order chi connectivity index (χ1) is 18.7. The number of halogens is 2. The molecule has 12 heteroatoms. The van der Waals surface area contributed by atoms with Gasteiger partial charge in [-0.15, -0.1) is 0 Å². The molecule has 0 aromatic heterocycles. The van der Waals surface area contributed by atoms with Gasteiger partial charge in [-0.05, 0) is 48.1 Å². The fourth-order valence-corrected chi connectivity index (χ4v) is 5.63. The fraction of sp³-hybridized carbons (Fsp3) is 0.393. The molecule has 0 spiro atoms. The second-order valence-electron chi connectivity index (χ2n) is 10.6. The van der Waals surface area contributed by atoms with Gasteiger partial charge in [0.05, 0.1) is 21.0 Å². The number of nitrogens with one attached hydrogen (secondary N) is 3. The van der Waals surface area contributed by atoms with E-state index in [4.69, 9.17) is 28.3 Å². The maximum absolute atomic E-state index is 13.2. The lowest BCUT2D eigenvalue weighted by Gasteiger charge is -2.40. The Bertz CT molecular complexity index is 1310. The Balaban J connectivity index is 1.66. The van der Waals surface area contributed by atoms with Crippen LogP contribution in [0, 0.1) is 16.7 Å². The Kier molecular flexibility index (Phi) is 9.48. The van der Waals surface area contributed by atoms with Crippen LogP contribution in [0.25, 0.3) is 0 Å². The summed E-state index contributed by atoms with van der Waals surface area (Å²) in [5.74, 6) is -4.52. The lowest BCUT2D eigenvalue weighted by molar-refractivity contribution is -0.145. The Morgan fingerprint density at radius 2 is 1.57 bits per heavy atom.